The lowest BCUT2D eigenvalue weighted by molar-refractivity contribution is 0.386. The van der Waals surface area contributed by atoms with Crippen LogP contribution in [-0.2, 0) is 6.54 Å². The molecule has 0 N–H and O–H groups in total. The fraction of sp³-hybridized carbons (Fsp3) is 0.235. The van der Waals surface area contributed by atoms with Crippen LogP contribution < -0.4 is 9.64 Å². The Hall–Kier alpha value is -2.54. The summed E-state index contributed by atoms with van der Waals surface area (Å²) in [4.78, 5) is 2.06. The van der Waals surface area contributed by atoms with Gasteiger partial charge in [0.2, 0.25) is 0 Å². The van der Waals surface area contributed by atoms with E-state index in [4.69, 9.17) is 10.00 Å². The third kappa shape index (κ3) is 3.96. The van der Waals surface area contributed by atoms with E-state index in [0.717, 1.165) is 11.3 Å². The van der Waals surface area contributed by atoms with Crippen LogP contribution in [0, 0.1) is 17.1 Å². The quantitative estimate of drug-likeness (QED) is 0.810. The van der Waals surface area contributed by atoms with Gasteiger partial charge in [-0.15, -0.1) is 0 Å². The zero-order valence-electron chi connectivity index (χ0n) is 11.9. The van der Waals surface area contributed by atoms with Crippen molar-refractivity contribution >= 4 is 5.69 Å². The first-order chi connectivity index (χ1) is 10.2. The molecular formula is C17H17FN2O. The molecule has 0 fully saturated rings. The van der Waals surface area contributed by atoms with E-state index in [-0.39, 0.29) is 11.6 Å². The molecule has 4 heteroatoms. The summed E-state index contributed by atoms with van der Waals surface area (Å²) in [6, 6.07) is 16.9. The van der Waals surface area contributed by atoms with Gasteiger partial charge in [-0.3, -0.25) is 0 Å². The molecule has 0 unspecified atom stereocenters. The molecule has 2 aromatic rings. The largest absolute Gasteiger partial charge is 0.494 e. The number of ether oxygens (including phenoxy) is 1. The Kier molecular flexibility index (Phi) is 5.16. The van der Waals surface area contributed by atoms with Crippen LogP contribution in [0.1, 0.15) is 12.0 Å². The van der Waals surface area contributed by atoms with Crippen molar-refractivity contribution < 1.29 is 9.13 Å². The van der Waals surface area contributed by atoms with Crippen molar-refractivity contribution in [3.05, 3.63) is 59.9 Å². The van der Waals surface area contributed by atoms with E-state index >= 15 is 0 Å². The van der Waals surface area contributed by atoms with Gasteiger partial charge in [-0.25, -0.2) is 4.39 Å². The first-order valence-corrected chi connectivity index (χ1v) is 6.74. The van der Waals surface area contributed by atoms with Crippen LogP contribution in [0.5, 0.6) is 5.75 Å². The zero-order chi connectivity index (χ0) is 15.1. The van der Waals surface area contributed by atoms with Gasteiger partial charge >= 0.3 is 0 Å². The lowest BCUT2D eigenvalue weighted by Crippen LogP contribution is -2.23. The van der Waals surface area contributed by atoms with Gasteiger partial charge in [-0.2, -0.15) is 5.26 Å². The van der Waals surface area contributed by atoms with E-state index in [1.165, 1.54) is 13.2 Å². The number of hydrogen-bond acceptors (Lipinski definition) is 3. The molecule has 0 aliphatic carbocycles. The van der Waals surface area contributed by atoms with E-state index in [1.807, 2.05) is 36.4 Å². The Morgan fingerprint density at radius 2 is 1.95 bits per heavy atom. The average molecular weight is 284 g/mol. The summed E-state index contributed by atoms with van der Waals surface area (Å²) in [5.41, 5.74) is 1.86. The molecule has 108 valence electrons. The Morgan fingerprint density at radius 1 is 1.19 bits per heavy atom. The molecule has 0 atom stereocenters. The summed E-state index contributed by atoms with van der Waals surface area (Å²) in [6.07, 6.45) is 0.424. The predicted octanol–water partition coefficient (Wildman–Crippen LogP) is 3.75. The Morgan fingerprint density at radius 3 is 2.57 bits per heavy atom. The molecule has 0 aliphatic rings. The van der Waals surface area contributed by atoms with Crippen molar-refractivity contribution in [1.82, 2.24) is 0 Å². The predicted molar refractivity (Wildman–Crippen MR) is 80.7 cm³/mol. The van der Waals surface area contributed by atoms with Gasteiger partial charge in [-0.1, -0.05) is 24.3 Å². The third-order valence-corrected chi connectivity index (χ3v) is 3.20. The molecule has 3 nitrogen and oxygen atoms in total. The molecule has 0 aromatic heterocycles. The maximum atomic E-state index is 13.8. The lowest BCUT2D eigenvalue weighted by atomic mass is 10.1. The first-order valence-electron chi connectivity index (χ1n) is 6.74. The number of halogens is 1. The number of para-hydroxylation sites is 1. The van der Waals surface area contributed by atoms with Gasteiger partial charge in [0.05, 0.1) is 19.6 Å². The van der Waals surface area contributed by atoms with E-state index in [0.29, 0.717) is 19.5 Å². The Labute approximate surface area is 124 Å². The fourth-order valence-corrected chi connectivity index (χ4v) is 2.15. The smallest absolute Gasteiger partial charge is 0.165 e. The van der Waals surface area contributed by atoms with Gasteiger partial charge in [0, 0.05) is 18.8 Å². The van der Waals surface area contributed by atoms with Gasteiger partial charge in [0.25, 0.3) is 0 Å². The van der Waals surface area contributed by atoms with E-state index in [1.54, 1.807) is 6.07 Å². The number of nitrogens with zero attached hydrogens (tertiary/aromatic N) is 2. The van der Waals surface area contributed by atoms with Crippen LogP contribution in [-0.4, -0.2) is 13.7 Å². The Balaban J connectivity index is 2.19. The molecule has 21 heavy (non-hydrogen) atoms. The summed E-state index contributed by atoms with van der Waals surface area (Å²) in [7, 11) is 1.45. The monoisotopic (exact) mass is 284 g/mol. The van der Waals surface area contributed by atoms with Gasteiger partial charge in [0.1, 0.15) is 0 Å². The van der Waals surface area contributed by atoms with Crippen LogP contribution >= 0.6 is 0 Å². The molecule has 0 bridgehead atoms. The highest BCUT2D eigenvalue weighted by molar-refractivity contribution is 5.47. The van der Waals surface area contributed by atoms with Crippen molar-refractivity contribution in [3.63, 3.8) is 0 Å². The van der Waals surface area contributed by atoms with Crippen molar-refractivity contribution in [1.29, 1.82) is 5.26 Å². The minimum atomic E-state index is -0.372. The first kappa shape index (κ1) is 14.9. The van der Waals surface area contributed by atoms with Gasteiger partial charge in [0.15, 0.2) is 11.6 Å². The van der Waals surface area contributed by atoms with Crippen LogP contribution in [0.2, 0.25) is 0 Å². The molecule has 0 heterocycles. The molecule has 2 rings (SSSR count). The maximum absolute atomic E-state index is 13.8. The topological polar surface area (TPSA) is 36.3 Å². The summed E-state index contributed by atoms with van der Waals surface area (Å²) < 4.78 is 18.7. The highest BCUT2D eigenvalue weighted by Gasteiger charge is 2.09. The minimum absolute atomic E-state index is 0.238. The second-order valence-electron chi connectivity index (χ2n) is 4.63. The second kappa shape index (κ2) is 7.30. The standard InChI is InChI=1S/C17H17FN2O/c1-21-17-9-8-14(12-16(17)18)13-20(11-5-10-19)15-6-3-2-4-7-15/h2-4,6-9,12H,5,11,13H2,1H3. The van der Waals surface area contributed by atoms with Crippen LogP contribution in [0.25, 0.3) is 0 Å². The van der Waals surface area contributed by atoms with E-state index < -0.39 is 0 Å². The van der Waals surface area contributed by atoms with Crippen LogP contribution in [0.3, 0.4) is 0 Å². The molecule has 0 spiro atoms. The zero-order valence-corrected chi connectivity index (χ0v) is 11.9. The molecule has 0 saturated heterocycles. The highest BCUT2D eigenvalue weighted by atomic mass is 19.1. The fourth-order valence-electron chi connectivity index (χ4n) is 2.15. The van der Waals surface area contributed by atoms with Gasteiger partial charge < -0.3 is 9.64 Å². The van der Waals surface area contributed by atoms with Crippen LogP contribution in [0.4, 0.5) is 10.1 Å². The average Bonchev–Trinajstić information content (AvgIpc) is 2.52. The molecule has 2 aromatic carbocycles. The summed E-state index contributed by atoms with van der Waals surface area (Å²) in [6.45, 7) is 1.15. The molecular weight excluding hydrogens is 267 g/mol. The molecule has 0 saturated carbocycles. The minimum Gasteiger partial charge on any atom is -0.494 e. The number of methoxy groups -OCH3 is 1. The summed E-state index contributed by atoms with van der Waals surface area (Å²) in [5, 5.41) is 8.79. The molecule has 0 aliphatic heterocycles. The highest BCUT2D eigenvalue weighted by Crippen LogP contribution is 2.21. The number of anilines is 1. The van der Waals surface area contributed by atoms with Crippen molar-refractivity contribution in [2.24, 2.45) is 0 Å². The number of benzene rings is 2. The third-order valence-electron chi connectivity index (χ3n) is 3.20. The van der Waals surface area contributed by atoms with E-state index in [9.17, 15) is 4.39 Å². The van der Waals surface area contributed by atoms with Crippen LogP contribution in [0.15, 0.2) is 48.5 Å². The SMILES string of the molecule is COc1ccc(CN(CCC#N)c2ccccc2)cc1F. The van der Waals surface area contributed by atoms with E-state index in [2.05, 4.69) is 11.0 Å². The summed E-state index contributed by atoms with van der Waals surface area (Å²) >= 11 is 0. The number of rotatable bonds is 6. The van der Waals surface area contributed by atoms with Crippen molar-refractivity contribution in [2.45, 2.75) is 13.0 Å². The number of hydrogen-bond donors (Lipinski definition) is 0. The summed E-state index contributed by atoms with van der Waals surface area (Å²) in [5.74, 6) is -0.134. The number of nitriles is 1. The lowest BCUT2D eigenvalue weighted by Gasteiger charge is -2.24. The normalized spacial score (nSPS) is 9.95. The molecule has 0 amide bonds. The second-order valence-corrected chi connectivity index (χ2v) is 4.63. The maximum Gasteiger partial charge on any atom is 0.165 e. The van der Waals surface area contributed by atoms with Crippen molar-refractivity contribution in [2.75, 3.05) is 18.6 Å². The van der Waals surface area contributed by atoms with Crippen molar-refractivity contribution in [3.8, 4) is 11.8 Å². The van der Waals surface area contributed by atoms with Gasteiger partial charge in [-0.05, 0) is 29.8 Å². The Bertz CT molecular complexity index is 622. The molecule has 0 radical (unpaired) electrons.